The number of ether oxygens (including phenoxy) is 1. The normalized spacial score (nSPS) is 10.3. The van der Waals surface area contributed by atoms with Gasteiger partial charge in [0.15, 0.2) is 11.5 Å². The molecule has 0 aromatic heterocycles. The zero-order chi connectivity index (χ0) is 13.8. The molecule has 0 radical (unpaired) electrons. The van der Waals surface area contributed by atoms with E-state index >= 15 is 0 Å². The average molecular weight is 322 g/mol. The lowest BCUT2D eigenvalue weighted by atomic mass is 10.2. The number of benzene rings is 2. The van der Waals surface area contributed by atoms with Gasteiger partial charge in [0.2, 0.25) is 0 Å². The molecule has 0 spiro atoms. The van der Waals surface area contributed by atoms with E-state index in [1.165, 1.54) is 5.56 Å². The lowest BCUT2D eigenvalue weighted by Crippen LogP contribution is -2.00. The molecule has 19 heavy (non-hydrogen) atoms. The summed E-state index contributed by atoms with van der Waals surface area (Å²) < 4.78 is 5.76. The lowest BCUT2D eigenvalue weighted by molar-refractivity contribution is 0.371. The van der Waals surface area contributed by atoms with Crippen molar-refractivity contribution < 1.29 is 9.84 Å². The van der Waals surface area contributed by atoms with Crippen molar-refractivity contribution in [3.63, 3.8) is 0 Å². The van der Waals surface area contributed by atoms with Crippen molar-refractivity contribution in [2.75, 3.05) is 12.4 Å². The molecule has 0 fully saturated rings. The highest BCUT2D eigenvalue weighted by Gasteiger charge is 2.08. The summed E-state index contributed by atoms with van der Waals surface area (Å²) in [5, 5.41) is 13.1. The minimum absolute atomic E-state index is 0.126. The molecule has 2 N–H and O–H groups in total. The molecule has 3 nitrogen and oxygen atoms in total. The van der Waals surface area contributed by atoms with Gasteiger partial charge in [0.25, 0.3) is 0 Å². The van der Waals surface area contributed by atoms with Gasteiger partial charge in [0.1, 0.15) is 0 Å². The van der Waals surface area contributed by atoms with Crippen LogP contribution in [0, 0.1) is 6.92 Å². The lowest BCUT2D eigenvalue weighted by Gasteiger charge is -2.11. The van der Waals surface area contributed by atoms with Crippen molar-refractivity contribution in [3.05, 3.63) is 52.0 Å². The van der Waals surface area contributed by atoms with E-state index in [1.54, 1.807) is 7.11 Å². The summed E-state index contributed by atoms with van der Waals surface area (Å²) in [6, 6.07) is 11.9. The number of methoxy groups -OCH3 is 1. The molecule has 100 valence electrons. The van der Waals surface area contributed by atoms with E-state index in [1.807, 2.05) is 24.3 Å². The number of hydrogen-bond donors (Lipinski definition) is 2. The van der Waals surface area contributed by atoms with Gasteiger partial charge in [-0.1, -0.05) is 17.7 Å². The summed E-state index contributed by atoms with van der Waals surface area (Å²) in [6.45, 7) is 2.73. The van der Waals surface area contributed by atoms with E-state index < -0.39 is 0 Å². The van der Waals surface area contributed by atoms with E-state index in [9.17, 15) is 5.11 Å². The largest absolute Gasteiger partial charge is 0.503 e. The molecule has 0 bridgehead atoms. The molecule has 0 unspecified atom stereocenters. The predicted molar refractivity (Wildman–Crippen MR) is 80.9 cm³/mol. The highest BCUT2D eigenvalue weighted by Crippen LogP contribution is 2.35. The van der Waals surface area contributed by atoms with Crippen LogP contribution in [0.1, 0.15) is 11.1 Å². The summed E-state index contributed by atoms with van der Waals surface area (Å²) in [5.74, 6) is 0.594. The third-order valence-corrected chi connectivity index (χ3v) is 3.46. The van der Waals surface area contributed by atoms with Crippen LogP contribution in [-0.2, 0) is 6.54 Å². The van der Waals surface area contributed by atoms with Gasteiger partial charge in [-0.25, -0.2) is 0 Å². The Bertz CT molecular complexity index is 567. The minimum Gasteiger partial charge on any atom is -0.503 e. The van der Waals surface area contributed by atoms with E-state index in [0.29, 0.717) is 16.8 Å². The summed E-state index contributed by atoms with van der Waals surface area (Å²) in [5.41, 5.74) is 3.33. The van der Waals surface area contributed by atoms with Gasteiger partial charge < -0.3 is 15.2 Å². The molecule has 2 aromatic rings. The van der Waals surface area contributed by atoms with Crippen molar-refractivity contribution in [2.24, 2.45) is 0 Å². The third kappa shape index (κ3) is 3.41. The van der Waals surface area contributed by atoms with E-state index in [4.69, 9.17) is 4.74 Å². The smallest absolute Gasteiger partial charge is 0.172 e. The number of anilines is 1. The van der Waals surface area contributed by atoms with Crippen molar-refractivity contribution in [1.29, 1.82) is 0 Å². The maximum atomic E-state index is 9.75. The van der Waals surface area contributed by atoms with Crippen molar-refractivity contribution in [3.8, 4) is 11.5 Å². The molecule has 0 atom stereocenters. The van der Waals surface area contributed by atoms with Crippen LogP contribution in [0.2, 0.25) is 0 Å². The Morgan fingerprint density at radius 1 is 1.21 bits per heavy atom. The Kier molecular flexibility index (Phi) is 4.32. The molecule has 0 amide bonds. The highest BCUT2D eigenvalue weighted by molar-refractivity contribution is 9.10. The van der Waals surface area contributed by atoms with Gasteiger partial charge in [-0.15, -0.1) is 0 Å². The first-order valence-corrected chi connectivity index (χ1v) is 6.75. The van der Waals surface area contributed by atoms with E-state index in [-0.39, 0.29) is 5.75 Å². The van der Waals surface area contributed by atoms with Crippen molar-refractivity contribution in [1.82, 2.24) is 0 Å². The van der Waals surface area contributed by atoms with Gasteiger partial charge in [-0.3, -0.25) is 0 Å². The number of hydrogen-bond acceptors (Lipinski definition) is 3. The molecule has 0 aliphatic heterocycles. The molecule has 2 rings (SSSR count). The molecule has 0 aliphatic rings. The Morgan fingerprint density at radius 2 is 1.89 bits per heavy atom. The van der Waals surface area contributed by atoms with Gasteiger partial charge in [0.05, 0.1) is 11.6 Å². The number of halogens is 1. The number of aryl methyl sites for hydroxylation is 1. The Hall–Kier alpha value is -1.68. The second-order valence-electron chi connectivity index (χ2n) is 4.35. The number of aromatic hydroxyl groups is 1. The predicted octanol–water partition coefficient (Wildman–Crippen LogP) is 4.08. The van der Waals surface area contributed by atoms with Gasteiger partial charge in [0, 0.05) is 12.2 Å². The number of phenolic OH excluding ortho intramolecular Hbond substituents is 1. The molecular formula is C15H16BrNO2. The Labute approximate surface area is 121 Å². The standard InChI is InChI=1S/C15H16BrNO2/c1-10-3-5-12(6-4-10)17-9-11-7-13(16)15(18)14(8-11)19-2/h3-8,17-18H,9H2,1-2H3. The van der Waals surface area contributed by atoms with Gasteiger partial charge >= 0.3 is 0 Å². The average Bonchev–Trinajstić information content (AvgIpc) is 2.41. The third-order valence-electron chi connectivity index (χ3n) is 2.86. The number of phenols is 1. The van der Waals surface area contributed by atoms with Crippen LogP contribution in [0.5, 0.6) is 11.5 Å². The van der Waals surface area contributed by atoms with Crippen LogP contribution in [0.15, 0.2) is 40.9 Å². The minimum atomic E-state index is 0.126. The number of nitrogens with one attached hydrogen (secondary N) is 1. The van der Waals surface area contributed by atoms with E-state index in [2.05, 4.69) is 40.3 Å². The first kappa shape index (κ1) is 13.7. The van der Waals surface area contributed by atoms with Crippen LogP contribution < -0.4 is 10.1 Å². The maximum absolute atomic E-state index is 9.75. The summed E-state index contributed by atoms with van der Waals surface area (Å²) in [7, 11) is 1.54. The van der Waals surface area contributed by atoms with Crippen molar-refractivity contribution >= 4 is 21.6 Å². The Morgan fingerprint density at radius 3 is 2.53 bits per heavy atom. The quantitative estimate of drug-likeness (QED) is 0.891. The van der Waals surface area contributed by atoms with Crippen LogP contribution in [0.4, 0.5) is 5.69 Å². The van der Waals surface area contributed by atoms with Gasteiger partial charge in [-0.2, -0.15) is 0 Å². The maximum Gasteiger partial charge on any atom is 0.172 e. The fraction of sp³-hybridized carbons (Fsp3) is 0.200. The topological polar surface area (TPSA) is 41.5 Å². The molecule has 2 aromatic carbocycles. The highest BCUT2D eigenvalue weighted by atomic mass is 79.9. The van der Waals surface area contributed by atoms with E-state index in [0.717, 1.165) is 11.3 Å². The monoisotopic (exact) mass is 321 g/mol. The molecule has 0 heterocycles. The fourth-order valence-corrected chi connectivity index (χ4v) is 2.25. The van der Waals surface area contributed by atoms with Crippen LogP contribution in [0.25, 0.3) is 0 Å². The fourth-order valence-electron chi connectivity index (χ4n) is 1.76. The molecule has 4 heteroatoms. The van der Waals surface area contributed by atoms with Crippen LogP contribution >= 0.6 is 15.9 Å². The summed E-state index contributed by atoms with van der Waals surface area (Å²) >= 11 is 3.32. The molecule has 0 aliphatic carbocycles. The zero-order valence-electron chi connectivity index (χ0n) is 10.9. The second-order valence-corrected chi connectivity index (χ2v) is 5.20. The first-order valence-electron chi connectivity index (χ1n) is 5.96. The molecular weight excluding hydrogens is 306 g/mol. The van der Waals surface area contributed by atoms with Gasteiger partial charge in [-0.05, 0) is 52.7 Å². The SMILES string of the molecule is COc1cc(CNc2ccc(C)cc2)cc(Br)c1O. The summed E-state index contributed by atoms with van der Waals surface area (Å²) in [6.07, 6.45) is 0. The summed E-state index contributed by atoms with van der Waals surface area (Å²) in [4.78, 5) is 0. The zero-order valence-corrected chi connectivity index (χ0v) is 12.5. The van der Waals surface area contributed by atoms with Crippen LogP contribution in [-0.4, -0.2) is 12.2 Å². The first-order chi connectivity index (χ1) is 9.10. The Balaban J connectivity index is 2.11. The number of rotatable bonds is 4. The molecule has 0 saturated carbocycles. The van der Waals surface area contributed by atoms with Crippen molar-refractivity contribution in [2.45, 2.75) is 13.5 Å². The second kappa shape index (κ2) is 5.97. The van der Waals surface area contributed by atoms with Crippen LogP contribution in [0.3, 0.4) is 0 Å². The molecule has 0 saturated heterocycles.